The van der Waals surface area contributed by atoms with Crippen LogP contribution in [0.3, 0.4) is 0 Å². The number of hydrogen-bond donors (Lipinski definition) is 1. The summed E-state index contributed by atoms with van der Waals surface area (Å²) in [4.78, 5) is 11.6. The molecule has 0 radical (unpaired) electrons. The zero-order valence-electron chi connectivity index (χ0n) is 7.42. The Kier molecular flexibility index (Phi) is 2.37. The van der Waals surface area contributed by atoms with E-state index in [0.717, 1.165) is 23.3 Å². The molecule has 0 aliphatic heterocycles. The molecular formula is C10H9FO2S. The van der Waals surface area contributed by atoms with Crippen molar-refractivity contribution in [2.45, 2.75) is 19.3 Å². The fraction of sp³-hybridized carbons (Fsp3) is 0.300. The molecule has 74 valence electrons. The van der Waals surface area contributed by atoms with Crippen LogP contribution in [0.2, 0.25) is 0 Å². The fourth-order valence-electron chi connectivity index (χ4n) is 1.72. The van der Waals surface area contributed by atoms with Crippen LogP contribution >= 0.6 is 11.3 Å². The lowest BCUT2D eigenvalue weighted by atomic mass is 9.93. The summed E-state index contributed by atoms with van der Waals surface area (Å²) in [6.07, 6.45) is 2.30. The van der Waals surface area contributed by atoms with E-state index in [9.17, 15) is 9.18 Å². The molecule has 0 aromatic carbocycles. The lowest BCUT2D eigenvalue weighted by molar-refractivity contribution is -0.134. The molecule has 1 N–H and O–H groups in total. The van der Waals surface area contributed by atoms with E-state index in [2.05, 4.69) is 0 Å². The predicted octanol–water partition coefficient (Wildman–Crippen LogP) is 2.85. The molecule has 1 heterocycles. The van der Waals surface area contributed by atoms with Gasteiger partial charge in [0, 0.05) is 10.5 Å². The minimum Gasteiger partial charge on any atom is -0.476 e. The number of carbonyl (C=O) groups is 1. The maximum Gasteiger partial charge on any atom is 0.365 e. The smallest absolute Gasteiger partial charge is 0.365 e. The monoisotopic (exact) mass is 212 g/mol. The van der Waals surface area contributed by atoms with Crippen LogP contribution in [0.4, 0.5) is 4.39 Å². The molecule has 0 saturated heterocycles. The van der Waals surface area contributed by atoms with Crippen LogP contribution < -0.4 is 0 Å². The Balaban J connectivity index is 2.51. The van der Waals surface area contributed by atoms with Crippen molar-refractivity contribution in [2.24, 2.45) is 0 Å². The van der Waals surface area contributed by atoms with Crippen LogP contribution in [-0.4, -0.2) is 11.1 Å². The molecule has 1 aliphatic rings. The quantitative estimate of drug-likeness (QED) is 0.727. The normalized spacial score (nSPS) is 18.9. The highest BCUT2D eigenvalue weighted by molar-refractivity contribution is 7.10. The average molecular weight is 212 g/mol. The first-order chi connectivity index (χ1) is 6.70. The molecule has 4 heteroatoms. The van der Waals surface area contributed by atoms with Crippen LogP contribution in [0.5, 0.6) is 0 Å². The Labute approximate surface area is 84.7 Å². The van der Waals surface area contributed by atoms with Gasteiger partial charge in [0.1, 0.15) is 0 Å². The Bertz CT molecular complexity index is 406. The molecule has 0 atom stereocenters. The SMILES string of the molecule is O=C(O)C(F)=C1CCCc2sccc21. The van der Waals surface area contributed by atoms with Gasteiger partial charge in [0.05, 0.1) is 0 Å². The molecule has 1 aromatic heterocycles. The van der Waals surface area contributed by atoms with E-state index in [0.29, 0.717) is 12.0 Å². The highest BCUT2D eigenvalue weighted by Crippen LogP contribution is 2.36. The zero-order valence-corrected chi connectivity index (χ0v) is 8.23. The van der Waals surface area contributed by atoms with Gasteiger partial charge < -0.3 is 5.11 Å². The maximum atomic E-state index is 13.3. The third-order valence-corrected chi connectivity index (χ3v) is 3.33. The number of thiophene rings is 1. The summed E-state index contributed by atoms with van der Waals surface area (Å²) in [5.74, 6) is -2.46. The first-order valence-corrected chi connectivity index (χ1v) is 5.27. The second kappa shape index (κ2) is 3.53. The van der Waals surface area contributed by atoms with E-state index in [-0.39, 0.29) is 0 Å². The van der Waals surface area contributed by atoms with Crippen molar-refractivity contribution in [2.75, 3.05) is 0 Å². The number of halogens is 1. The Hall–Kier alpha value is -1.16. The maximum absolute atomic E-state index is 13.3. The van der Waals surface area contributed by atoms with Crippen LogP contribution in [0, 0.1) is 0 Å². The summed E-state index contributed by atoms with van der Waals surface area (Å²) in [6, 6.07) is 1.80. The lowest BCUT2D eigenvalue weighted by Crippen LogP contribution is -2.04. The van der Waals surface area contributed by atoms with Crippen LogP contribution in [0.15, 0.2) is 17.3 Å². The number of fused-ring (bicyclic) bond motifs is 1. The lowest BCUT2D eigenvalue weighted by Gasteiger charge is -2.14. The molecule has 2 nitrogen and oxygen atoms in total. The fourth-order valence-corrected chi connectivity index (χ4v) is 2.67. The van der Waals surface area contributed by atoms with Crippen LogP contribution in [0.1, 0.15) is 23.3 Å². The van der Waals surface area contributed by atoms with Gasteiger partial charge in [-0.1, -0.05) is 0 Å². The van der Waals surface area contributed by atoms with Gasteiger partial charge in [-0.2, -0.15) is 4.39 Å². The Morgan fingerprint density at radius 3 is 3.00 bits per heavy atom. The van der Waals surface area contributed by atoms with Crippen molar-refractivity contribution in [3.8, 4) is 0 Å². The molecule has 0 bridgehead atoms. The summed E-state index contributed by atoms with van der Waals surface area (Å²) < 4.78 is 13.3. The van der Waals surface area contributed by atoms with Crippen molar-refractivity contribution in [1.82, 2.24) is 0 Å². The minimum atomic E-state index is -1.46. The molecule has 0 amide bonds. The summed E-state index contributed by atoms with van der Waals surface area (Å²) in [7, 11) is 0. The highest BCUT2D eigenvalue weighted by atomic mass is 32.1. The first kappa shape index (κ1) is 9.40. The topological polar surface area (TPSA) is 37.3 Å². The molecule has 0 spiro atoms. The van der Waals surface area contributed by atoms with Crippen molar-refractivity contribution < 1.29 is 14.3 Å². The number of rotatable bonds is 1. The van der Waals surface area contributed by atoms with E-state index >= 15 is 0 Å². The van der Waals surface area contributed by atoms with Gasteiger partial charge >= 0.3 is 5.97 Å². The van der Waals surface area contributed by atoms with Crippen molar-refractivity contribution in [3.05, 3.63) is 27.7 Å². The molecule has 14 heavy (non-hydrogen) atoms. The second-order valence-electron chi connectivity index (χ2n) is 3.21. The number of carboxylic acid groups (broad SMARTS) is 1. The zero-order chi connectivity index (χ0) is 10.1. The second-order valence-corrected chi connectivity index (χ2v) is 4.21. The average Bonchev–Trinajstić information content (AvgIpc) is 2.63. The van der Waals surface area contributed by atoms with E-state index in [1.807, 2.05) is 5.38 Å². The van der Waals surface area contributed by atoms with E-state index < -0.39 is 11.8 Å². The van der Waals surface area contributed by atoms with Crippen molar-refractivity contribution in [3.63, 3.8) is 0 Å². The number of hydrogen-bond acceptors (Lipinski definition) is 2. The van der Waals surface area contributed by atoms with Gasteiger partial charge in [-0.25, -0.2) is 4.79 Å². The predicted molar refractivity (Wildman–Crippen MR) is 52.9 cm³/mol. The number of aliphatic carboxylic acids is 1. The van der Waals surface area contributed by atoms with Gasteiger partial charge in [-0.3, -0.25) is 0 Å². The Morgan fingerprint density at radius 2 is 2.29 bits per heavy atom. The summed E-state index contributed by atoms with van der Waals surface area (Å²) >= 11 is 1.56. The minimum absolute atomic E-state index is 0.361. The third kappa shape index (κ3) is 1.46. The highest BCUT2D eigenvalue weighted by Gasteiger charge is 2.22. The molecule has 0 fully saturated rings. The van der Waals surface area contributed by atoms with Crippen molar-refractivity contribution in [1.29, 1.82) is 0 Å². The van der Waals surface area contributed by atoms with Gasteiger partial charge in [0.25, 0.3) is 0 Å². The molecule has 2 rings (SSSR count). The number of allylic oxidation sites excluding steroid dienone is 1. The molecule has 0 unspecified atom stereocenters. The summed E-state index contributed by atoms with van der Waals surface area (Å²) in [6.45, 7) is 0. The van der Waals surface area contributed by atoms with Gasteiger partial charge in [0.2, 0.25) is 5.83 Å². The third-order valence-electron chi connectivity index (χ3n) is 2.35. The summed E-state index contributed by atoms with van der Waals surface area (Å²) in [5.41, 5.74) is 1.15. The van der Waals surface area contributed by atoms with E-state index in [1.54, 1.807) is 17.4 Å². The van der Waals surface area contributed by atoms with Crippen molar-refractivity contribution >= 4 is 22.9 Å². The molecule has 0 saturated carbocycles. The number of carboxylic acids is 1. The summed E-state index contributed by atoms with van der Waals surface area (Å²) in [5, 5.41) is 10.4. The standard InChI is InChI=1S/C10H9FO2S/c11-9(10(12)13)7-2-1-3-8-6(7)4-5-14-8/h4-5H,1-3H2,(H,12,13). The Morgan fingerprint density at radius 1 is 1.50 bits per heavy atom. The number of aryl methyl sites for hydroxylation is 1. The van der Waals surface area contributed by atoms with Gasteiger partial charge in [-0.15, -0.1) is 11.3 Å². The molecule has 1 aliphatic carbocycles. The van der Waals surface area contributed by atoms with Crippen LogP contribution in [0.25, 0.3) is 5.57 Å². The largest absolute Gasteiger partial charge is 0.476 e. The molecular weight excluding hydrogens is 203 g/mol. The molecule has 1 aromatic rings. The first-order valence-electron chi connectivity index (χ1n) is 4.39. The van der Waals surface area contributed by atoms with Crippen LogP contribution in [-0.2, 0) is 11.2 Å². The van der Waals surface area contributed by atoms with Gasteiger partial charge in [0.15, 0.2) is 0 Å². The van der Waals surface area contributed by atoms with Gasteiger partial charge in [-0.05, 0) is 36.3 Å². The van der Waals surface area contributed by atoms with E-state index in [1.165, 1.54) is 0 Å². The van der Waals surface area contributed by atoms with E-state index in [4.69, 9.17) is 5.11 Å².